The highest BCUT2D eigenvalue weighted by Gasteiger charge is 2.41. The molecule has 0 spiro atoms. The molecule has 1 saturated heterocycles. The van der Waals surface area contributed by atoms with Gasteiger partial charge in [0.15, 0.2) is 5.69 Å². The number of carbonyl (C=O) groups is 2. The molecule has 2 amide bonds. The second-order valence-electron chi connectivity index (χ2n) is 6.67. The van der Waals surface area contributed by atoms with Crippen molar-refractivity contribution in [2.75, 3.05) is 18.8 Å². The third-order valence-corrected chi connectivity index (χ3v) is 4.74. The molecule has 0 radical (unpaired) electrons. The molecule has 1 aliphatic rings. The molecule has 1 aliphatic heterocycles. The predicted molar refractivity (Wildman–Crippen MR) is 96.6 cm³/mol. The minimum Gasteiger partial charge on any atom is -0.445 e. The Morgan fingerprint density at radius 2 is 1.79 bits per heavy atom. The van der Waals surface area contributed by atoms with Crippen molar-refractivity contribution < 1.29 is 27.5 Å². The molecule has 29 heavy (non-hydrogen) atoms. The Bertz CT molecular complexity index is 890. The van der Waals surface area contributed by atoms with Crippen LogP contribution in [0.3, 0.4) is 0 Å². The molecule has 3 rings (SSSR count). The molecule has 4 N–H and O–H groups in total. The zero-order chi connectivity index (χ0) is 21.2. The van der Waals surface area contributed by atoms with Crippen LogP contribution in [0.1, 0.15) is 40.5 Å². The number of amides is 2. The van der Waals surface area contributed by atoms with Crippen LogP contribution in [0.5, 0.6) is 0 Å². The number of alkyl halides is 3. The van der Waals surface area contributed by atoms with Crippen molar-refractivity contribution in [2.24, 2.45) is 5.73 Å². The summed E-state index contributed by atoms with van der Waals surface area (Å²) in [4.78, 5) is 25.1. The Morgan fingerprint density at radius 1 is 1.17 bits per heavy atom. The van der Waals surface area contributed by atoms with Gasteiger partial charge in [0.2, 0.25) is 0 Å². The highest BCUT2D eigenvalue weighted by molar-refractivity contribution is 5.98. The summed E-state index contributed by atoms with van der Waals surface area (Å²) in [6.07, 6.45) is -4.75. The lowest BCUT2D eigenvalue weighted by atomic mass is 10.1. The molecule has 156 valence electrons. The zero-order valence-electron chi connectivity index (χ0n) is 15.4. The molecular formula is C18H20F3N5O3. The predicted octanol–water partition coefficient (Wildman–Crippen LogP) is 2.56. The van der Waals surface area contributed by atoms with Crippen LogP contribution in [0.2, 0.25) is 0 Å². The first-order valence-corrected chi connectivity index (χ1v) is 8.89. The van der Waals surface area contributed by atoms with Crippen LogP contribution in [0.25, 0.3) is 0 Å². The molecule has 0 aliphatic carbocycles. The summed E-state index contributed by atoms with van der Waals surface area (Å²) in [7, 11) is 0. The van der Waals surface area contributed by atoms with E-state index < -0.39 is 41.3 Å². The van der Waals surface area contributed by atoms with Crippen LogP contribution in [-0.2, 0) is 17.5 Å². The van der Waals surface area contributed by atoms with E-state index in [1.807, 2.05) is 30.3 Å². The first-order valence-electron chi connectivity index (χ1n) is 8.89. The lowest BCUT2D eigenvalue weighted by Gasteiger charge is -2.31. The molecule has 11 heteroatoms. The number of anilines is 1. The van der Waals surface area contributed by atoms with Gasteiger partial charge in [0, 0.05) is 13.1 Å². The van der Waals surface area contributed by atoms with Gasteiger partial charge in [0.1, 0.15) is 18.0 Å². The van der Waals surface area contributed by atoms with Gasteiger partial charge in [-0.1, -0.05) is 30.3 Å². The van der Waals surface area contributed by atoms with E-state index in [2.05, 4.69) is 5.10 Å². The maximum absolute atomic E-state index is 13.2. The number of ether oxygens (including phenoxy) is 1. The van der Waals surface area contributed by atoms with Crippen LogP contribution < -0.4 is 11.5 Å². The number of benzene rings is 1. The summed E-state index contributed by atoms with van der Waals surface area (Å²) in [5.41, 5.74) is 9.41. The highest BCUT2D eigenvalue weighted by Crippen LogP contribution is 2.36. The molecule has 8 nitrogen and oxygen atoms in total. The van der Waals surface area contributed by atoms with Gasteiger partial charge in [-0.15, -0.1) is 0 Å². The van der Waals surface area contributed by atoms with E-state index in [4.69, 9.17) is 16.2 Å². The second kappa shape index (κ2) is 8.02. The Balaban J connectivity index is 1.65. The summed E-state index contributed by atoms with van der Waals surface area (Å²) >= 11 is 0. The van der Waals surface area contributed by atoms with E-state index in [0.29, 0.717) is 12.8 Å². The Hall–Kier alpha value is -3.24. The highest BCUT2D eigenvalue weighted by atomic mass is 19.4. The summed E-state index contributed by atoms with van der Waals surface area (Å²) in [5.74, 6) is -1.71. The van der Waals surface area contributed by atoms with Crippen LogP contribution in [0.4, 0.5) is 23.8 Å². The number of rotatable bonds is 4. The monoisotopic (exact) mass is 411 g/mol. The van der Waals surface area contributed by atoms with Gasteiger partial charge in [0.25, 0.3) is 5.91 Å². The third kappa shape index (κ3) is 4.44. The standard InChI is InChI=1S/C18H20F3N5O3/c19-18(20,21)14-13(16(23)27)15(22)26(24-14)12-6-8-25(9-7-12)17(28)29-10-11-4-2-1-3-5-11/h1-5,12H,6-10,22H2,(H2,23,27). The molecule has 0 saturated carbocycles. The lowest BCUT2D eigenvalue weighted by molar-refractivity contribution is -0.141. The van der Waals surface area contributed by atoms with Gasteiger partial charge >= 0.3 is 12.3 Å². The fourth-order valence-corrected chi connectivity index (χ4v) is 3.27. The van der Waals surface area contributed by atoms with E-state index in [9.17, 15) is 22.8 Å². The van der Waals surface area contributed by atoms with Gasteiger partial charge in [-0.25, -0.2) is 9.48 Å². The number of piperidine rings is 1. The molecule has 2 aromatic rings. The molecule has 1 fully saturated rings. The lowest BCUT2D eigenvalue weighted by Crippen LogP contribution is -2.39. The van der Waals surface area contributed by atoms with Gasteiger partial charge < -0.3 is 21.1 Å². The fourth-order valence-electron chi connectivity index (χ4n) is 3.27. The summed E-state index contributed by atoms with van der Waals surface area (Å²) in [6.45, 7) is 0.637. The SMILES string of the molecule is NC(=O)c1c(C(F)(F)F)nn(C2CCN(C(=O)OCc3ccccc3)CC2)c1N. The zero-order valence-corrected chi connectivity index (χ0v) is 15.4. The number of hydrogen-bond donors (Lipinski definition) is 2. The van der Waals surface area contributed by atoms with E-state index in [1.165, 1.54) is 4.90 Å². The largest absolute Gasteiger partial charge is 0.445 e. The average molecular weight is 411 g/mol. The van der Waals surface area contributed by atoms with Gasteiger partial charge in [0.05, 0.1) is 6.04 Å². The number of nitrogens with two attached hydrogens (primary N) is 2. The topological polar surface area (TPSA) is 116 Å². The van der Waals surface area contributed by atoms with Crippen molar-refractivity contribution in [3.8, 4) is 0 Å². The van der Waals surface area contributed by atoms with E-state index >= 15 is 0 Å². The third-order valence-electron chi connectivity index (χ3n) is 4.74. The fraction of sp³-hybridized carbons (Fsp3) is 0.389. The van der Waals surface area contributed by atoms with E-state index in [0.717, 1.165) is 10.2 Å². The summed E-state index contributed by atoms with van der Waals surface area (Å²) in [5, 5.41) is 3.50. The molecule has 1 aromatic heterocycles. The molecular weight excluding hydrogens is 391 g/mol. The maximum atomic E-state index is 13.2. The maximum Gasteiger partial charge on any atom is 0.436 e. The van der Waals surface area contributed by atoms with Gasteiger partial charge in [-0.2, -0.15) is 18.3 Å². The molecule has 2 heterocycles. The molecule has 0 atom stereocenters. The van der Waals surface area contributed by atoms with Gasteiger partial charge in [-0.05, 0) is 18.4 Å². The molecule has 1 aromatic carbocycles. The first kappa shape index (κ1) is 20.5. The van der Waals surface area contributed by atoms with Crippen molar-refractivity contribution in [1.29, 1.82) is 0 Å². The molecule has 0 unspecified atom stereocenters. The molecule has 0 bridgehead atoms. The quantitative estimate of drug-likeness (QED) is 0.802. The van der Waals surface area contributed by atoms with Crippen LogP contribution in [0, 0.1) is 0 Å². The first-order chi connectivity index (χ1) is 13.7. The number of aromatic nitrogens is 2. The minimum absolute atomic E-state index is 0.128. The number of primary amides is 1. The second-order valence-corrected chi connectivity index (χ2v) is 6.67. The smallest absolute Gasteiger partial charge is 0.436 e. The van der Waals surface area contributed by atoms with E-state index in [-0.39, 0.29) is 19.7 Å². The van der Waals surface area contributed by atoms with Crippen molar-refractivity contribution >= 4 is 17.8 Å². The summed E-state index contributed by atoms with van der Waals surface area (Å²) < 4.78 is 45.7. The van der Waals surface area contributed by atoms with Crippen molar-refractivity contribution in [1.82, 2.24) is 14.7 Å². The average Bonchev–Trinajstić information content (AvgIpc) is 3.05. The van der Waals surface area contributed by atoms with Crippen LogP contribution in [0.15, 0.2) is 30.3 Å². The Kier molecular flexibility index (Phi) is 5.66. The minimum atomic E-state index is -4.86. The van der Waals surface area contributed by atoms with Crippen molar-refractivity contribution in [2.45, 2.75) is 31.7 Å². The normalized spacial score (nSPS) is 15.3. The van der Waals surface area contributed by atoms with Gasteiger partial charge in [-0.3, -0.25) is 4.79 Å². The van der Waals surface area contributed by atoms with E-state index in [1.54, 1.807) is 0 Å². The Morgan fingerprint density at radius 3 is 2.31 bits per heavy atom. The number of halogens is 3. The van der Waals surface area contributed by atoms with Crippen molar-refractivity contribution in [3.05, 3.63) is 47.2 Å². The van der Waals surface area contributed by atoms with Crippen LogP contribution in [-0.4, -0.2) is 39.8 Å². The number of nitrogen functional groups attached to an aromatic ring is 1. The number of hydrogen-bond acceptors (Lipinski definition) is 5. The number of nitrogens with zero attached hydrogens (tertiary/aromatic N) is 3. The van der Waals surface area contributed by atoms with Crippen LogP contribution >= 0.6 is 0 Å². The summed E-state index contributed by atoms with van der Waals surface area (Å²) in [6, 6.07) is 8.67. The number of carbonyl (C=O) groups excluding carboxylic acids is 2. The number of likely N-dealkylation sites (tertiary alicyclic amines) is 1. The Labute approximate surface area is 164 Å². The van der Waals surface area contributed by atoms with Crippen molar-refractivity contribution in [3.63, 3.8) is 0 Å².